The van der Waals surface area contributed by atoms with E-state index in [0.29, 0.717) is 24.6 Å². The molecule has 132 valence electrons. The lowest BCUT2D eigenvalue weighted by molar-refractivity contribution is 0.0739. The lowest BCUT2D eigenvalue weighted by Crippen LogP contribution is -2.49. The molecule has 1 aliphatic heterocycles. The Morgan fingerprint density at radius 2 is 1.73 bits per heavy atom. The van der Waals surface area contributed by atoms with Gasteiger partial charge in [-0.3, -0.25) is 9.36 Å². The van der Waals surface area contributed by atoms with E-state index in [1.165, 1.54) is 5.69 Å². The molecule has 0 unspecified atom stereocenters. The molecule has 1 fully saturated rings. The first kappa shape index (κ1) is 16.3. The highest BCUT2D eigenvalue weighted by atomic mass is 16.2. The van der Waals surface area contributed by atoms with E-state index in [1.807, 2.05) is 40.8 Å². The Balaban J connectivity index is 1.41. The van der Waals surface area contributed by atoms with Gasteiger partial charge in [0.2, 0.25) is 0 Å². The van der Waals surface area contributed by atoms with Crippen LogP contribution in [0.15, 0.2) is 54.9 Å². The molecule has 1 amide bonds. The average Bonchev–Trinajstić information content (AvgIpc) is 3.14. The maximum atomic E-state index is 12.7. The van der Waals surface area contributed by atoms with Crippen LogP contribution in [0.3, 0.4) is 0 Å². The SMILES string of the molecule is Cc1nccn1-c1ccc(C(=O)N2CCN(c3ccccc3)CC2)nn1. The number of carbonyl (C=O) groups is 1. The maximum absolute atomic E-state index is 12.7. The van der Waals surface area contributed by atoms with Crippen molar-refractivity contribution >= 4 is 11.6 Å². The van der Waals surface area contributed by atoms with E-state index in [1.54, 1.807) is 18.3 Å². The van der Waals surface area contributed by atoms with Crippen molar-refractivity contribution in [1.29, 1.82) is 0 Å². The highest BCUT2D eigenvalue weighted by Gasteiger charge is 2.23. The molecule has 0 bridgehead atoms. The van der Waals surface area contributed by atoms with Gasteiger partial charge in [-0.1, -0.05) is 18.2 Å². The Labute approximate surface area is 151 Å². The third-order valence-electron chi connectivity index (χ3n) is 4.63. The van der Waals surface area contributed by atoms with Crippen LogP contribution in [-0.4, -0.2) is 56.7 Å². The number of hydrogen-bond donors (Lipinski definition) is 0. The van der Waals surface area contributed by atoms with Gasteiger partial charge in [-0.15, -0.1) is 10.2 Å². The fourth-order valence-corrected chi connectivity index (χ4v) is 3.16. The highest BCUT2D eigenvalue weighted by Crippen LogP contribution is 2.16. The van der Waals surface area contributed by atoms with Gasteiger partial charge in [-0.25, -0.2) is 4.98 Å². The zero-order valence-corrected chi connectivity index (χ0v) is 14.6. The fourth-order valence-electron chi connectivity index (χ4n) is 3.16. The van der Waals surface area contributed by atoms with Gasteiger partial charge < -0.3 is 9.80 Å². The van der Waals surface area contributed by atoms with Crippen LogP contribution in [0.4, 0.5) is 5.69 Å². The Morgan fingerprint density at radius 1 is 0.962 bits per heavy atom. The molecule has 4 rings (SSSR count). The van der Waals surface area contributed by atoms with Crippen molar-refractivity contribution in [3.8, 4) is 5.82 Å². The number of imidazole rings is 1. The van der Waals surface area contributed by atoms with E-state index in [2.05, 4.69) is 32.2 Å². The van der Waals surface area contributed by atoms with E-state index in [9.17, 15) is 4.79 Å². The second-order valence-electron chi connectivity index (χ2n) is 6.24. The zero-order valence-electron chi connectivity index (χ0n) is 14.6. The summed E-state index contributed by atoms with van der Waals surface area (Å²) >= 11 is 0. The van der Waals surface area contributed by atoms with Crippen molar-refractivity contribution in [2.45, 2.75) is 6.92 Å². The molecule has 2 aromatic heterocycles. The number of benzene rings is 1. The van der Waals surface area contributed by atoms with Crippen LogP contribution in [0.25, 0.3) is 5.82 Å². The molecular weight excluding hydrogens is 328 g/mol. The van der Waals surface area contributed by atoms with Crippen molar-refractivity contribution in [2.75, 3.05) is 31.1 Å². The first-order valence-electron chi connectivity index (χ1n) is 8.66. The molecule has 3 heterocycles. The van der Waals surface area contributed by atoms with Crippen LogP contribution in [0, 0.1) is 6.92 Å². The summed E-state index contributed by atoms with van der Waals surface area (Å²) < 4.78 is 1.83. The number of amides is 1. The quantitative estimate of drug-likeness (QED) is 0.724. The largest absolute Gasteiger partial charge is 0.368 e. The standard InChI is InChI=1S/C19H20N6O/c1-15-20-9-10-25(15)18-8-7-17(21-22-18)19(26)24-13-11-23(12-14-24)16-5-3-2-4-6-16/h2-10H,11-14H2,1H3. The summed E-state index contributed by atoms with van der Waals surface area (Å²) in [6.45, 7) is 4.88. The minimum atomic E-state index is -0.0703. The molecule has 7 nitrogen and oxygen atoms in total. The zero-order chi connectivity index (χ0) is 17.9. The van der Waals surface area contributed by atoms with Crippen LogP contribution in [-0.2, 0) is 0 Å². The summed E-state index contributed by atoms with van der Waals surface area (Å²) in [5.74, 6) is 1.42. The number of para-hydroxylation sites is 1. The van der Waals surface area contributed by atoms with Crippen molar-refractivity contribution in [2.24, 2.45) is 0 Å². The van der Waals surface area contributed by atoms with Gasteiger partial charge in [0.05, 0.1) is 0 Å². The van der Waals surface area contributed by atoms with Crippen LogP contribution >= 0.6 is 0 Å². The second kappa shape index (κ2) is 6.95. The van der Waals surface area contributed by atoms with E-state index < -0.39 is 0 Å². The third-order valence-corrected chi connectivity index (χ3v) is 4.63. The summed E-state index contributed by atoms with van der Waals surface area (Å²) in [6, 6.07) is 13.8. The molecule has 7 heteroatoms. The first-order chi connectivity index (χ1) is 12.7. The normalized spacial score (nSPS) is 14.5. The molecule has 26 heavy (non-hydrogen) atoms. The van der Waals surface area contributed by atoms with Crippen molar-refractivity contribution in [3.63, 3.8) is 0 Å². The Bertz CT molecular complexity index is 882. The topological polar surface area (TPSA) is 67.2 Å². The highest BCUT2D eigenvalue weighted by molar-refractivity contribution is 5.92. The Kier molecular flexibility index (Phi) is 4.35. The molecule has 0 aliphatic carbocycles. The van der Waals surface area contributed by atoms with Crippen LogP contribution in [0.1, 0.15) is 16.3 Å². The lowest BCUT2D eigenvalue weighted by atomic mass is 10.2. The van der Waals surface area contributed by atoms with Crippen molar-refractivity contribution in [3.05, 3.63) is 66.4 Å². The van der Waals surface area contributed by atoms with Crippen LogP contribution in [0.2, 0.25) is 0 Å². The molecule has 0 spiro atoms. The molecule has 0 saturated carbocycles. The smallest absolute Gasteiger partial charge is 0.274 e. The number of aromatic nitrogens is 4. The first-order valence-corrected chi connectivity index (χ1v) is 8.66. The monoisotopic (exact) mass is 348 g/mol. The van der Waals surface area contributed by atoms with E-state index in [4.69, 9.17) is 0 Å². The van der Waals surface area contributed by atoms with Gasteiger partial charge in [0.25, 0.3) is 5.91 Å². The minimum Gasteiger partial charge on any atom is -0.368 e. The van der Waals surface area contributed by atoms with Gasteiger partial charge in [-0.2, -0.15) is 0 Å². The number of nitrogens with zero attached hydrogens (tertiary/aromatic N) is 6. The number of anilines is 1. The van der Waals surface area contributed by atoms with Crippen LogP contribution in [0.5, 0.6) is 0 Å². The maximum Gasteiger partial charge on any atom is 0.274 e. The van der Waals surface area contributed by atoms with Crippen molar-refractivity contribution < 1.29 is 4.79 Å². The molecule has 0 N–H and O–H groups in total. The molecule has 0 atom stereocenters. The van der Waals surface area contributed by atoms with E-state index >= 15 is 0 Å². The predicted octanol–water partition coefficient (Wildman–Crippen LogP) is 1.93. The van der Waals surface area contributed by atoms with Crippen LogP contribution < -0.4 is 4.90 Å². The predicted molar refractivity (Wildman–Crippen MR) is 98.4 cm³/mol. The van der Waals surface area contributed by atoms with E-state index in [-0.39, 0.29) is 5.91 Å². The number of aryl methyl sites for hydroxylation is 1. The molecular formula is C19H20N6O. The van der Waals surface area contributed by atoms with Gasteiger partial charge in [0.15, 0.2) is 11.5 Å². The molecule has 1 aromatic carbocycles. The number of carbonyl (C=O) groups excluding carboxylic acids is 1. The number of rotatable bonds is 3. The summed E-state index contributed by atoms with van der Waals surface area (Å²) in [6.07, 6.45) is 3.53. The minimum absolute atomic E-state index is 0.0703. The number of hydrogen-bond acceptors (Lipinski definition) is 5. The summed E-state index contributed by atoms with van der Waals surface area (Å²) in [7, 11) is 0. The Hall–Kier alpha value is -3.22. The second-order valence-corrected chi connectivity index (χ2v) is 6.24. The van der Waals surface area contributed by atoms with Crippen molar-refractivity contribution in [1.82, 2.24) is 24.6 Å². The fraction of sp³-hybridized carbons (Fsp3) is 0.263. The average molecular weight is 348 g/mol. The third kappa shape index (κ3) is 3.15. The Morgan fingerprint density at radius 3 is 2.35 bits per heavy atom. The molecule has 0 radical (unpaired) electrons. The summed E-state index contributed by atoms with van der Waals surface area (Å²) in [5.41, 5.74) is 1.57. The molecule has 1 saturated heterocycles. The summed E-state index contributed by atoms with van der Waals surface area (Å²) in [4.78, 5) is 21.0. The van der Waals surface area contributed by atoms with E-state index in [0.717, 1.165) is 18.9 Å². The van der Waals surface area contributed by atoms with Gasteiger partial charge in [0, 0.05) is 44.3 Å². The van der Waals surface area contributed by atoms with Gasteiger partial charge in [0.1, 0.15) is 5.82 Å². The summed E-state index contributed by atoms with van der Waals surface area (Å²) in [5, 5.41) is 8.30. The lowest BCUT2D eigenvalue weighted by Gasteiger charge is -2.35. The number of piperazine rings is 1. The van der Waals surface area contributed by atoms with Gasteiger partial charge in [-0.05, 0) is 31.2 Å². The molecule has 3 aromatic rings. The van der Waals surface area contributed by atoms with Gasteiger partial charge >= 0.3 is 0 Å². The molecule has 1 aliphatic rings.